The number of carboxylic acid groups (broad SMARTS) is 1. The van der Waals surface area contributed by atoms with E-state index in [2.05, 4.69) is 10.1 Å². The molecule has 2 aliphatic heterocycles. The Bertz CT molecular complexity index is 951. The zero-order valence-corrected chi connectivity index (χ0v) is 15.8. The highest BCUT2D eigenvalue weighted by molar-refractivity contribution is 8.00. The molecule has 150 valence electrons. The fourth-order valence-electron chi connectivity index (χ4n) is 2.92. The molecule has 12 heteroatoms. The fraction of sp³-hybridized carbons (Fsp3) is 0.375. The number of amides is 3. The lowest BCUT2D eigenvalue weighted by molar-refractivity contribution is -0.192. The molecule has 1 aromatic rings. The summed E-state index contributed by atoms with van der Waals surface area (Å²) >= 11 is 2.26. The van der Waals surface area contributed by atoms with Crippen molar-refractivity contribution in [2.75, 3.05) is 19.4 Å². The van der Waals surface area contributed by atoms with E-state index >= 15 is 0 Å². The monoisotopic (exact) mass is 430 g/mol. The largest absolute Gasteiger partial charge is 0.477 e. The van der Waals surface area contributed by atoms with Gasteiger partial charge in [-0.15, -0.1) is 23.1 Å². The summed E-state index contributed by atoms with van der Waals surface area (Å²) in [4.78, 5) is 49.7. The van der Waals surface area contributed by atoms with Crippen molar-refractivity contribution in [3.05, 3.63) is 33.7 Å². The van der Waals surface area contributed by atoms with Gasteiger partial charge in [-0.1, -0.05) is 6.07 Å². The van der Waals surface area contributed by atoms with Crippen LogP contribution in [0.5, 0.6) is 0 Å². The molecule has 0 bridgehead atoms. The van der Waals surface area contributed by atoms with Crippen LogP contribution in [0.25, 0.3) is 0 Å². The zero-order valence-electron chi connectivity index (χ0n) is 17.2. The molecule has 0 unspecified atom stereocenters. The van der Waals surface area contributed by atoms with Gasteiger partial charge in [0.05, 0.1) is 10.5 Å². The number of nitrogens with zero attached hydrogens (tertiary/aromatic N) is 1. The van der Waals surface area contributed by atoms with Crippen molar-refractivity contribution in [1.29, 1.82) is 0 Å². The van der Waals surface area contributed by atoms with Gasteiger partial charge in [0, 0.05) is 23.2 Å². The van der Waals surface area contributed by atoms with Crippen molar-refractivity contribution in [3.63, 3.8) is 0 Å². The third kappa shape index (κ3) is 3.45. The van der Waals surface area contributed by atoms with Gasteiger partial charge in [-0.2, -0.15) is 0 Å². The highest BCUT2D eigenvalue weighted by Crippen LogP contribution is 2.46. The van der Waals surface area contributed by atoms with E-state index in [1.807, 2.05) is 0 Å². The highest BCUT2D eigenvalue weighted by Gasteiger charge is 2.66. The van der Waals surface area contributed by atoms with E-state index in [9.17, 15) is 24.3 Å². The first kappa shape index (κ1) is 16.4. The molecule has 28 heavy (non-hydrogen) atoms. The maximum atomic E-state index is 13.0. The molecule has 0 aliphatic carbocycles. The van der Waals surface area contributed by atoms with Crippen molar-refractivity contribution in [2.45, 2.75) is 17.5 Å². The summed E-state index contributed by atoms with van der Waals surface area (Å²) in [5, 5.41) is 12.5. The maximum Gasteiger partial charge on any atom is 0.404 e. The number of nitrogens with one attached hydrogen (secondary N) is 1. The zero-order chi connectivity index (χ0) is 23.0. The Morgan fingerprint density at radius 1 is 1.54 bits per heavy atom. The van der Waals surface area contributed by atoms with E-state index in [0.29, 0.717) is 4.88 Å². The summed E-state index contributed by atoms with van der Waals surface area (Å²) in [5.41, 5.74) is 2.24. The number of carbonyl (C=O) groups is 4. The van der Waals surface area contributed by atoms with E-state index in [4.69, 9.17) is 14.6 Å². The molecule has 3 rings (SSSR count). The minimum absolute atomic E-state index is 0.0315. The number of methoxy groups -OCH3 is 1. The Morgan fingerprint density at radius 3 is 2.93 bits per heavy atom. The quantitative estimate of drug-likeness (QED) is 0.407. The second kappa shape index (κ2) is 7.81. The topological polar surface area (TPSA) is 148 Å². The molecule has 1 aromatic heterocycles. The molecule has 3 heterocycles. The summed E-state index contributed by atoms with van der Waals surface area (Å²) in [6, 6.07) is 3.43. The van der Waals surface area contributed by atoms with Gasteiger partial charge in [-0.25, -0.2) is 9.59 Å². The van der Waals surface area contributed by atoms with Crippen LogP contribution in [-0.2, 0) is 30.3 Å². The van der Waals surface area contributed by atoms with Gasteiger partial charge in [0.15, 0.2) is 0 Å². The van der Waals surface area contributed by atoms with Crippen LogP contribution in [0.1, 0.15) is 8.99 Å². The number of nitrogens with two attached hydrogens (primary N) is 1. The number of primary amides is 1. The molecule has 2 aliphatic rings. The third-order valence-corrected chi connectivity index (χ3v) is 6.35. The van der Waals surface area contributed by atoms with Crippen LogP contribution in [0.15, 0.2) is 28.8 Å². The third-order valence-electron chi connectivity index (χ3n) is 4.10. The number of thioether (sulfide) groups is 1. The molecule has 3 amide bonds. The molecular formula is C16H17N3O7S2. The molecule has 1 saturated heterocycles. The van der Waals surface area contributed by atoms with Crippen LogP contribution in [-0.4, -0.2) is 64.4 Å². The van der Waals surface area contributed by atoms with Crippen molar-refractivity contribution in [3.8, 4) is 0 Å². The number of carboxylic acids is 1. The molecule has 0 aromatic carbocycles. The molecule has 1 fully saturated rings. The van der Waals surface area contributed by atoms with E-state index in [1.165, 1.54) is 11.3 Å². The lowest BCUT2D eigenvalue weighted by Gasteiger charge is -2.55. The van der Waals surface area contributed by atoms with Crippen LogP contribution < -0.4 is 11.1 Å². The van der Waals surface area contributed by atoms with Crippen LogP contribution >= 0.6 is 23.1 Å². The van der Waals surface area contributed by atoms with E-state index < -0.39 is 54.3 Å². The Labute approximate surface area is 171 Å². The first-order valence-corrected chi connectivity index (χ1v) is 9.74. The first-order chi connectivity index (χ1) is 14.4. The van der Waals surface area contributed by atoms with Gasteiger partial charge < -0.3 is 25.6 Å². The fourth-order valence-corrected chi connectivity index (χ4v) is 4.99. The van der Waals surface area contributed by atoms with Crippen molar-refractivity contribution >= 4 is 47.0 Å². The minimum atomic E-state index is -3.05. The Balaban J connectivity index is 1.90. The van der Waals surface area contributed by atoms with Gasteiger partial charge in [0.25, 0.3) is 11.6 Å². The lowest BCUT2D eigenvalue weighted by Crippen LogP contribution is -2.80. The summed E-state index contributed by atoms with van der Waals surface area (Å²) in [6.45, 7) is -0.460. The first-order valence-electron chi connectivity index (χ1n) is 9.31. The number of β-lactam (4-membered cyclic amide) rings is 1. The van der Waals surface area contributed by atoms with Crippen LogP contribution in [0.4, 0.5) is 4.79 Å². The predicted molar refractivity (Wildman–Crippen MR) is 99.2 cm³/mol. The number of rotatable bonds is 7. The van der Waals surface area contributed by atoms with Gasteiger partial charge in [0.1, 0.15) is 17.7 Å². The molecule has 4 N–H and O–H groups in total. The SMILES string of the molecule is [2H]C([2H])([2H])O[C@@]1(NC(=O)Cc2cccs2)C(=O)N2C(C(=O)O)=C(COC(N)=O)CS[C@@H]21. The van der Waals surface area contributed by atoms with Crippen molar-refractivity contribution < 1.29 is 37.9 Å². The Hall–Kier alpha value is -2.57. The van der Waals surface area contributed by atoms with Gasteiger partial charge in [-0.3, -0.25) is 14.5 Å². The molecule has 10 nitrogen and oxygen atoms in total. The van der Waals surface area contributed by atoms with Crippen LogP contribution in [0.2, 0.25) is 0 Å². The number of thiophene rings is 1. The number of aliphatic carboxylic acids is 1. The minimum Gasteiger partial charge on any atom is -0.477 e. The normalized spacial score (nSPS) is 25.7. The summed E-state index contributed by atoms with van der Waals surface area (Å²) in [6.07, 6.45) is -1.24. The van der Waals surface area contributed by atoms with E-state index in [1.54, 1.807) is 17.5 Å². The Morgan fingerprint density at radius 2 is 2.32 bits per heavy atom. The van der Waals surface area contributed by atoms with E-state index in [0.717, 1.165) is 16.7 Å². The maximum absolute atomic E-state index is 13.0. The van der Waals surface area contributed by atoms with Crippen LogP contribution in [0, 0.1) is 0 Å². The summed E-state index contributed by atoms with van der Waals surface area (Å²) in [7, 11) is -3.05. The molecule has 0 saturated carbocycles. The number of carbonyl (C=O) groups excluding carboxylic acids is 3. The van der Waals surface area contributed by atoms with Crippen molar-refractivity contribution in [1.82, 2.24) is 10.2 Å². The Kier molecular flexibility index (Phi) is 4.57. The number of ether oxygens (including phenoxy) is 2. The van der Waals surface area contributed by atoms with Crippen molar-refractivity contribution in [2.24, 2.45) is 5.73 Å². The predicted octanol–water partition coefficient (Wildman–Crippen LogP) is 0.0986. The van der Waals surface area contributed by atoms with Gasteiger partial charge in [-0.05, 0) is 11.4 Å². The molecule has 2 atom stereocenters. The lowest BCUT2D eigenvalue weighted by atomic mass is 9.98. The second-order valence-corrected chi connectivity index (χ2v) is 7.95. The summed E-state index contributed by atoms with van der Waals surface area (Å²) in [5.74, 6) is -3.25. The molecular weight excluding hydrogens is 410 g/mol. The average Bonchev–Trinajstić information content (AvgIpc) is 3.16. The number of fused-ring (bicyclic) bond motifs is 1. The molecule has 0 spiro atoms. The average molecular weight is 430 g/mol. The number of hydrogen-bond donors (Lipinski definition) is 3. The summed E-state index contributed by atoms with van der Waals surface area (Å²) < 4.78 is 32.0. The van der Waals surface area contributed by atoms with Gasteiger partial charge in [0.2, 0.25) is 5.91 Å². The standard InChI is InChI=1S/C16H17N3O7S2/c1-25-16(18-10(20)5-9-3-2-4-27-9)13(23)19-11(12(21)22)8(6-26-15(17)24)7-28-14(16)19/h2-4,14H,5-7H2,1H3,(H2,17,24)(H,18,20)(H,21,22)/t14-,16+/m1/s1/i1D3. The van der Waals surface area contributed by atoms with E-state index in [-0.39, 0.29) is 17.7 Å². The van der Waals surface area contributed by atoms with Crippen LogP contribution in [0.3, 0.4) is 0 Å². The highest BCUT2D eigenvalue weighted by atomic mass is 32.2. The smallest absolute Gasteiger partial charge is 0.404 e. The van der Waals surface area contributed by atoms with Gasteiger partial charge >= 0.3 is 12.1 Å². The molecule has 0 radical (unpaired) electrons. The number of hydrogen-bond acceptors (Lipinski definition) is 8. The second-order valence-electron chi connectivity index (χ2n) is 5.85.